The summed E-state index contributed by atoms with van der Waals surface area (Å²) in [5, 5.41) is 9.17. The van der Waals surface area contributed by atoms with Gasteiger partial charge < -0.3 is 5.11 Å². The van der Waals surface area contributed by atoms with E-state index in [0.717, 1.165) is 16.2 Å². The van der Waals surface area contributed by atoms with E-state index in [-0.39, 0.29) is 15.5 Å². The van der Waals surface area contributed by atoms with Gasteiger partial charge in [-0.2, -0.15) is 0 Å². The van der Waals surface area contributed by atoms with Crippen LogP contribution in [0.15, 0.2) is 24.3 Å². The Hall–Kier alpha value is -1.39. The molecule has 0 saturated carbocycles. The van der Waals surface area contributed by atoms with E-state index in [2.05, 4.69) is 0 Å². The van der Waals surface area contributed by atoms with Gasteiger partial charge >= 0.3 is 5.97 Å². The molecule has 1 aromatic carbocycles. The van der Waals surface area contributed by atoms with Crippen LogP contribution in [0.5, 0.6) is 0 Å². The third-order valence-corrected chi connectivity index (χ3v) is 3.71. The van der Waals surface area contributed by atoms with Crippen molar-refractivity contribution < 1.29 is 14.3 Å². The van der Waals surface area contributed by atoms with Gasteiger partial charge in [-0.25, -0.2) is 9.18 Å². The summed E-state index contributed by atoms with van der Waals surface area (Å²) in [6, 6.07) is 5.85. The number of aryl methyl sites for hydroxylation is 1. The van der Waals surface area contributed by atoms with E-state index in [1.54, 1.807) is 13.0 Å². The molecule has 2 nitrogen and oxygen atoms in total. The standard InChI is InChI=1S/C12H8ClFO2S/c1-6-7(5-10(17-6)12(15)16)11-8(13)3-2-4-9(11)14/h2-5H,1H3,(H,15,16). The largest absolute Gasteiger partial charge is 0.477 e. The van der Waals surface area contributed by atoms with Crippen LogP contribution in [0.4, 0.5) is 4.39 Å². The van der Waals surface area contributed by atoms with E-state index in [0.29, 0.717) is 5.56 Å². The molecule has 5 heteroatoms. The van der Waals surface area contributed by atoms with E-state index in [1.807, 2.05) is 0 Å². The summed E-state index contributed by atoms with van der Waals surface area (Å²) < 4.78 is 13.7. The molecule has 2 rings (SSSR count). The highest BCUT2D eigenvalue weighted by atomic mass is 35.5. The number of carboxylic acids is 1. The average molecular weight is 271 g/mol. The Morgan fingerprint density at radius 1 is 1.47 bits per heavy atom. The molecule has 0 amide bonds. The maximum Gasteiger partial charge on any atom is 0.345 e. The third-order valence-electron chi connectivity index (χ3n) is 2.36. The van der Waals surface area contributed by atoms with Crippen LogP contribution in [0, 0.1) is 12.7 Å². The number of halogens is 2. The van der Waals surface area contributed by atoms with Crippen LogP contribution in [-0.2, 0) is 0 Å². The molecule has 1 aromatic heterocycles. The normalized spacial score (nSPS) is 10.5. The van der Waals surface area contributed by atoms with Gasteiger partial charge in [-0.3, -0.25) is 0 Å². The van der Waals surface area contributed by atoms with E-state index in [1.165, 1.54) is 18.2 Å². The molecular formula is C12H8ClFO2S. The lowest BCUT2D eigenvalue weighted by atomic mass is 10.1. The highest BCUT2D eigenvalue weighted by molar-refractivity contribution is 7.14. The Kier molecular flexibility index (Phi) is 3.17. The lowest BCUT2D eigenvalue weighted by Crippen LogP contribution is -1.90. The Bertz CT molecular complexity index is 572. The maximum atomic E-state index is 13.7. The Morgan fingerprint density at radius 3 is 2.71 bits per heavy atom. The summed E-state index contributed by atoms with van der Waals surface area (Å²) >= 11 is 7.05. The van der Waals surface area contributed by atoms with Gasteiger partial charge in [0.2, 0.25) is 0 Å². The number of hydrogen-bond acceptors (Lipinski definition) is 2. The molecule has 0 aliphatic heterocycles. The fourth-order valence-electron chi connectivity index (χ4n) is 1.59. The zero-order chi connectivity index (χ0) is 12.6. The van der Waals surface area contributed by atoms with E-state index < -0.39 is 11.8 Å². The number of hydrogen-bond donors (Lipinski definition) is 1. The first-order chi connectivity index (χ1) is 8.00. The number of carbonyl (C=O) groups is 1. The SMILES string of the molecule is Cc1sc(C(=O)O)cc1-c1c(F)cccc1Cl. The molecule has 0 aliphatic rings. The van der Waals surface area contributed by atoms with Gasteiger partial charge in [-0.05, 0) is 25.1 Å². The first-order valence-electron chi connectivity index (χ1n) is 4.79. The predicted molar refractivity (Wildman–Crippen MR) is 66.4 cm³/mol. The molecule has 2 aromatic rings. The molecule has 0 saturated heterocycles. The molecular weight excluding hydrogens is 263 g/mol. The number of aromatic carboxylic acids is 1. The van der Waals surface area contributed by atoms with Gasteiger partial charge in [0, 0.05) is 16.0 Å². The topological polar surface area (TPSA) is 37.3 Å². The van der Waals surface area contributed by atoms with Crippen molar-refractivity contribution in [1.82, 2.24) is 0 Å². The van der Waals surface area contributed by atoms with Crippen LogP contribution in [0.2, 0.25) is 5.02 Å². The minimum atomic E-state index is -1.02. The minimum absolute atomic E-state index is 0.178. The van der Waals surface area contributed by atoms with Gasteiger partial charge in [0.15, 0.2) is 0 Å². The summed E-state index contributed by atoms with van der Waals surface area (Å²) in [5.41, 5.74) is 0.797. The molecule has 0 fully saturated rings. The van der Waals surface area contributed by atoms with E-state index in [4.69, 9.17) is 16.7 Å². The van der Waals surface area contributed by atoms with Crippen molar-refractivity contribution in [2.45, 2.75) is 6.92 Å². The van der Waals surface area contributed by atoms with Gasteiger partial charge in [0.25, 0.3) is 0 Å². The molecule has 1 N–H and O–H groups in total. The van der Waals surface area contributed by atoms with Crippen molar-refractivity contribution in [2.24, 2.45) is 0 Å². The molecule has 0 bridgehead atoms. The van der Waals surface area contributed by atoms with Crippen molar-refractivity contribution in [3.05, 3.63) is 44.9 Å². The molecule has 1 heterocycles. The van der Waals surface area contributed by atoms with Crippen LogP contribution in [-0.4, -0.2) is 11.1 Å². The van der Waals surface area contributed by atoms with E-state index >= 15 is 0 Å². The zero-order valence-electron chi connectivity index (χ0n) is 8.83. The molecule has 0 atom stereocenters. The lowest BCUT2D eigenvalue weighted by Gasteiger charge is -2.04. The fourth-order valence-corrected chi connectivity index (χ4v) is 2.72. The second-order valence-corrected chi connectivity index (χ2v) is 5.15. The summed E-state index contributed by atoms with van der Waals surface area (Å²) in [7, 11) is 0. The van der Waals surface area contributed by atoms with Crippen molar-refractivity contribution in [3.8, 4) is 11.1 Å². The number of thiophene rings is 1. The lowest BCUT2D eigenvalue weighted by molar-refractivity contribution is 0.0702. The smallest absolute Gasteiger partial charge is 0.345 e. The van der Waals surface area contributed by atoms with Crippen molar-refractivity contribution in [3.63, 3.8) is 0 Å². The highest BCUT2D eigenvalue weighted by Crippen LogP contribution is 2.36. The van der Waals surface area contributed by atoms with Crippen LogP contribution in [0.3, 0.4) is 0 Å². The van der Waals surface area contributed by atoms with Crippen LogP contribution < -0.4 is 0 Å². The zero-order valence-corrected chi connectivity index (χ0v) is 10.4. The first-order valence-corrected chi connectivity index (χ1v) is 5.98. The molecule has 0 aliphatic carbocycles. The van der Waals surface area contributed by atoms with Gasteiger partial charge in [-0.1, -0.05) is 17.7 Å². The average Bonchev–Trinajstić information content (AvgIpc) is 2.61. The quantitative estimate of drug-likeness (QED) is 0.887. The maximum absolute atomic E-state index is 13.7. The first kappa shape index (κ1) is 12.1. The van der Waals surface area contributed by atoms with Gasteiger partial charge in [0.05, 0.1) is 5.02 Å². The van der Waals surface area contributed by atoms with Crippen LogP contribution in [0.1, 0.15) is 14.5 Å². The molecule has 0 radical (unpaired) electrons. The van der Waals surface area contributed by atoms with Crippen molar-refractivity contribution in [2.75, 3.05) is 0 Å². The molecule has 17 heavy (non-hydrogen) atoms. The Balaban J connectivity index is 2.64. The summed E-state index contributed by atoms with van der Waals surface area (Å²) in [6.07, 6.45) is 0. The van der Waals surface area contributed by atoms with E-state index in [9.17, 15) is 9.18 Å². The van der Waals surface area contributed by atoms with Crippen LogP contribution in [0.25, 0.3) is 11.1 Å². The molecule has 88 valence electrons. The number of carboxylic acid groups (broad SMARTS) is 1. The summed E-state index contributed by atoms with van der Waals surface area (Å²) in [4.78, 5) is 11.8. The second kappa shape index (κ2) is 4.47. The Labute approximate surface area is 106 Å². The number of benzene rings is 1. The van der Waals surface area contributed by atoms with Gasteiger partial charge in [-0.15, -0.1) is 11.3 Å². The summed E-state index contributed by atoms with van der Waals surface area (Å²) in [5.74, 6) is -1.47. The monoisotopic (exact) mass is 270 g/mol. The number of rotatable bonds is 2. The highest BCUT2D eigenvalue weighted by Gasteiger charge is 2.17. The van der Waals surface area contributed by atoms with Crippen molar-refractivity contribution >= 4 is 28.9 Å². The third kappa shape index (κ3) is 2.18. The Morgan fingerprint density at radius 2 is 2.18 bits per heavy atom. The second-order valence-electron chi connectivity index (χ2n) is 3.48. The molecule has 0 spiro atoms. The van der Waals surface area contributed by atoms with Gasteiger partial charge in [0.1, 0.15) is 10.7 Å². The van der Waals surface area contributed by atoms with Crippen molar-refractivity contribution in [1.29, 1.82) is 0 Å². The van der Waals surface area contributed by atoms with Crippen LogP contribution >= 0.6 is 22.9 Å². The molecule has 0 unspecified atom stereocenters. The predicted octanol–water partition coefficient (Wildman–Crippen LogP) is 4.21. The minimum Gasteiger partial charge on any atom is -0.477 e. The fraction of sp³-hybridized carbons (Fsp3) is 0.0833. The summed E-state index contributed by atoms with van der Waals surface area (Å²) in [6.45, 7) is 1.75.